The minimum Gasteiger partial charge on any atom is -0.314 e. The van der Waals surface area contributed by atoms with Gasteiger partial charge in [-0.05, 0) is 30.0 Å². The van der Waals surface area contributed by atoms with Gasteiger partial charge in [0.25, 0.3) is 0 Å². The third kappa shape index (κ3) is 2.26. The fraction of sp³-hybridized carbons (Fsp3) is 0.571. The smallest absolute Gasteiger partial charge is 0.0406 e. The van der Waals surface area contributed by atoms with Crippen molar-refractivity contribution >= 4 is 11.6 Å². The Bertz CT molecular complexity index is 358. The fourth-order valence-electron chi connectivity index (χ4n) is 2.41. The van der Waals surface area contributed by atoms with Gasteiger partial charge in [0.1, 0.15) is 0 Å². The maximum Gasteiger partial charge on any atom is 0.0406 e. The van der Waals surface area contributed by atoms with Crippen LogP contribution >= 0.6 is 11.6 Å². The van der Waals surface area contributed by atoms with Crippen molar-refractivity contribution in [1.82, 2.24) is 5.32 Å². The van der Waals surface area contributed by atoms with E-state index in [0.29, 0.717) is 11.5 Å². The number of benzene rings is 1. The second kappa shape index (κ2) is 4.38. The number of hydrogen-bond acceptors (Lipinski definition) is 1. The van der Waals surface area contributed by atoms with Crippen molar-refractivity contribution in [3.05, 3.63) is 34.9 Å². The summed E-state index contributed by atoms with van der Waals surface area (Å²) in [5.74, 6) is 0.778. The van der Waals surface area contributed by atoms with Crippen LogP contribution in [0, 0.1) is 5.92 Å². The fourth-order valence-corrected chi connectivity index (χ4v) is 2.53. The molecule has 0 heterocycles. The second-order valence-corrected chi connectivity index (χ2v) is 5.74. The van der Waals surface area contributed by atoms with Crippen molar-refractivity contribution in [2.24, 2.45) is 5.92 Å². The Morgan fingerprint density at radius 1 is 1.38 bits per heavy atom. The molecule has 1 aliphatic rings. The zero-order valence-corrected chi connectivity index (χ0v) is 11.0. The Morgan fingerprint density at radius 3 is 2.38 bits per heavy atom. The zero-order chi connectivity index (χ0) is 11.8. The zero-order valence-electron chi connectivity index (χ0n) is 10.3. The molecule has 0 spiro atoms. The summed E-state index contributed by atoms with van der Waals surface area (Å²) in [6.07, 6.45) is 1.29. The van der Waals surface area contributed by atoms with Gasteiger partial charge in [-0.1, -0.05) is 44.5 Å². The summed E-state index contributed by atoms with van der Waals surface area (Å²) in [4.78, 5) is 0. The summed E-state index contributed by atoms with van der Waals surface area (Å²) in [6, 6.07) is 8.90. The molecule has 0 amide bonds. The summed E-state index contributed by atoms with van der Waals surface area (Å²) < 4.78 is 0. The van der Waals surface area contributed by atoms with Crippen LogP contribution in [0.2, 0.25) is 5.02 Å². The monoisotopic (exact) mass is 237 g/mol. The minimum absolute atomic E-state index is 0.356. The minimum atomic E-state index is 0.356. The molecule has 2 rings (SSSR count). The molecule has 1 nitrogen and oxygen atoms in total. The molecule has 0 bridgehead atoms. The first kappa shape index (κ1) is 11.9. The van der Waals surface area contributed by atoms with Gasteiger partial charge in [-0.15, -0.1) is 0 Å². The number of hydrogen-bond donors (Lipinski definition) is 1. The van der Waals surface area contributed by atoms with Gasteiger partial charge in [0.05, 0.1) is 0 Å². The first-order chi connectivity index (χ1) is 7.54. The Morgan fingerprint density at radius 2 is 1.94 bits per heavy atom. The van der Waals surface area contributed by atoms with E-state index in [0.717, 1.165) is 17.5 Å². The van der Waals surface area contributed by atoms with Gasteiger partial charge in [0, 0.05) is 23.0 Å². The largest absolute Gasteiger partial charge is 0.314 e. The van der Waals surface area contributed by atoms with Crippen LogP contribution in [0.25, 0.3) is 0 Å². The van der Waals surface area contributed by atoms with Crippen LogP contribution < -0.4 is 5.32 Å². The third-order valence-corrected chi connectivity index (χ3v) is 3.95. The van der Waals surface area contributed by atoms with Gasteiger partial charge >= 0.3 is 0 Å². The highest BCUT2D eigenvalue weighted by atomic mass is 35.5. The Hall–Kier alpha value is -0.530. The Balaban J connectivity index is 2.13. The Labute approximate surface area is 103 Å². The van der Waals surface area contributed by atoms with E-state index in [1.165, 1.54) is 12.0 Å². The normalized spacial score (nSPS) is 28.4. The van der Waals surface area contributed by atoms with E-state index in [2.05, 4.69) is 38.2 Å². The molecule has 1 aromatic carbocycles. The molecule has 2 heteroatoms. The molecule has 1 aliphatic carbocycles. The third-order valence-electron chi connectivity index (χ3n) is 3.70. The van der Waals surface area contributed by atoms with E-state index in [1.54, 1.807) is 0 Å². The highest BCUT2D eigenvalue weighted by molar-refractivity contribution is 6.30. The molecule has 0 aromatic heterocycles. The predicted octanol–water partition coefficient (Wildman–Crippen LogP) is 3.62. The quantitative estimate of drug-likeness (QED) is 0.844. The average Bonchev–Trinajstić information content (AvgIpc) is 2.89. The van der Waals surface area contributed by atoms with E-state index in [4.69, 9.17) is 11.6 Å². The molecule has 0 radical (unpaired) electrons. The molecule has 2 atom stereocenters. The van der Waals surface area contributed by atoms with Gasteiger partial charge in [-0.3, -0.25) is 0 Å². The van der Waals surface area contributed by atoms with E-state index in [-0.39, 0.29) is 0 Å². The highest BCUT2D eigenvalue weighted by Gasteiger charge is 2.51. The molecule has 0 saturated heterocycles. The van der Waals surface area contributed by atoms with Gasteiger partial charge < -0.3 is 5.32 Å². The predicted molar refractivity (Wildman–Crippen MR) is 70.0 cm³/mol. The van der Waals surface area contributed by atoms with Crippen LogP contribution in [0.15, 0.2) is 24.3 Å². The van der Waals surface area contributed by atoms with Crippen molar-refractivity contribution in [3.63, 3.8) is 0 Å². The van der Waals surface area contributed by atoms with Crippen LogP contribution in [0.4, 0.5) is 0 Å². The molecule has 1 saturated carbocycles. The summed E-state index contributed by atoms with van der Waals surface area (Å²) in [7, 11) is 0. The molecular formula is C14H20ClN. The second-order valence-electron chi connectivity index (χ2n) is 5.30. The molecule has 0 aliphatic heterocycles. The summed E-state index contributed by atoms with van der Waals surface area (Å²) in [5, 5.41) is 4.38. The first-order valence-corrected chi connectivity index (χ1v) is 6.42. The molecular weight excluding hydrogens is 218 g/mol. The lowest BCUT2D eigenvalue weighted by Crippen LogP contribution is -2.33. The van der Waals surface area contributed by atoms with E-state index in [1.807, 2.05) is 12.1 Å². The van der Waals surface area contributed by atoms with Crippen molar-refractivity contribution < 1.29 is 0 Å². The SMILES string of the molecule is CC(C)NCC1(c2ccc(Cl)cc2)CC1C. The average molecular weight is 238 g/mol. The van der Waals surface area contributed by atoms with Gasteiger partial charge in [-0.25, -0.2) is 0 Å². The molecule has 88 valence electrons. The van der Waals surface area contributed by atoms with Crippen LogP contribution in [0.1, 0.15) is 32.8 Å². The highest BCUT2D eigenvalue weighted by Crippen LogP contribution is 2.53. The molecule has 2 unspecified atom stereocenters. The van der Waals surface area contributed by atoms with Crippen molar-refractivity contribution in [1.29, 1.82) is 0 Å². The standard InChI is InChI=1S/C14H20ClN/c1-10(2)16-9-14(8-11(14)3)12-4-6-13(15)7-5-12/h4-7,10-11,16H,8-9H2,1-3H3. The summed E-state index contributed by atoms with van der Waals surface area (Å²) in [6.45, 7) is 7.80. The lowest BCUT2D eigenvalue weighted by atomic mass is 9.93. The van der Waals surface area contributed by atoms with Gasteiger partial charge in [0.15, 0.2) is 0 Å². The summed E-state index contributed by atoms with van der Waals surface area (Å²) >= 11 is 5.93. The maximum atomic E-state index is 5.93. The van der Waals surface area contributed by atoms with Crippen molar-refractivity contribution in [2.75, 3.05) is 6.54 Å². The van der Waals surface area contributed by atoms with Crippen LogP contribution in [-0.2, 0) is 5.41 Å². The lowest BCUT2D eigenvalue weighted by Gasteiger charge is -2.20. The molecule has 1 fully saturated rings. The molecule has 16 heavy (non-hydrogen) atoms. The number of nitrogens with one attached hydrogen (secondary N) is 1. The van der Waals surface area contributed by atoms with Gasteiger partial charge in [0.2, 0.25) is 0 Å². The first-order valence-electron chi connectivity index (χ1n) is 6.04. The molecule has 1 aromatic rings. The van der Waals surface area contributed by atoms with Crippen molar-refractivity contribution in [2.45, 2.75) is 38.6 Å². The van der Waals surface area contributed by atoms with E-state index >= 15 is 0 Å². The summed E-state index contributed by atoms with van der Waals surface area (Å²) in [5.41, 5.74) is 1.78. The van der Waals surface area contributed by atoms with Crippen molar-refractivity contribution in [3.8, 4) is 0 Å². The van der Waals surface area contributed by atoms with Gasteiger partial charge in [-0.2, -0.15) is 0 Å². The lowest BCUT2D eigenvalue weighted by molar-refractivity contribution is 0.499. The van der Waals surface area contributed by atoms with E-state index < -0.39 is 0 Å². The maximum absolute atomic E-state index is 5.93. The van der Waals surface area contributed by atoms with Crippen LogP contribution in [0.5, 0.6) is 0 Å². The van der Waals surface area contributed by atoms with E-state index in [9.17, 15) is 0 Å². The Kier molecular flexibility index (Phi) is 3.27. The number of rotatable bonds is 4. The van der Waals surface area contributed by atoms with Crippen LogP contribution in [-0.4, -0.2) is 12.6 Å². The number of halogens is 1. The molecule has 1 N–H and O–H groups in total. The topological polar surface area (TPSA) is 12.0 Å². The van der Waals surface area contributed by atoms with Crippen LogP contribution in [0.3, 0.4) is 0 Å².